The zero-order valence-corrected chi connectivity index (χ0v) is 19.1. The van der Waals surface area contributed by atoms with Crippen molar-refractivity contribution in [1.82, 2.24) is 0 Å². The van der Waals surface area contributed by atoms with E-state index in [1.807, 2.05) is 6.08 Å². The maximum Gasteiger partial charge on any atom is 0.157 e. The molecule has 0 aliphatic heterocycles. The highest BCUT2D eigenvalue weighted by Crippen LogP contribution is 2.12. The Morgan fingerprint density at radius 3 is 1.50 bits per heavy atom. The van der Waals surface area contributed by atoms with Gasteiger partial charge in [-0.25, -0.2) is 0 Å². The molecule has 0 spiro atoms. The molecule has 3 nitrogen and oxygen atoms in total. The van der Waals surface area contributed by atoms with Gasteiger partial charge in [0.1, 0.15) is 0 Å². The fourth-order valence-electron chi connectivity index (χ4n) is 3.31. The first kappa shape index (κ1) is 27.6. The summed E-state index contributed by atoms with van der Waals surface area (Å²) in [6, 6.07) is 0. The molecule has 0 bridgehead atoms. The van der Waals surface area contributed by atoms with Gasteiger partial charge in [-0.1, -0.05) is 103 Å². The number of aliphatic hydroxyl groups is 1. The topological polar surface area (TPSA) is 38.7 Å². The molecule has 0 rings (SSSR count). The molecule has 168 valence electrons. The Kier molecular flexibility index (Phi) is 24.3. The molecular weight excluding hydrogens is 348 g/mol. The van der Waals surface area contributed by atoms with Crippen molar-refractivity contribution < 1.29 is 14.6 Å². The summed E-state index contributed by atoms with van der Waals surface area (Å²) in [5, 5.41) is 8.84. The summed E-state index contributed by atoms with van der Waals surface area (Å²) < 4.78 is 12.1. The number of allylic oxidation sites excluding steroid dienone is 1. The summed E-state index contributed by atoms with van der Waals surface area (Å²) in [6.07, 6.45) is 25.0. The van der Waals surface area contributed by atoms with E-state index in [4.69, 9.17) is 14.6 Å². The molecule has 0 heterocycles. The van der Waals surface area contributed by atoms with E-state index in [1.54, 1.807) is 0 Å². The molecule has 0 saturated carbocycles. The highest BCUT2D eigenvalue weighted by Gasteiger charge is 2.08. The molecular formula is C25H50O3. The third-order valence-corrected chi connectivity index (χ3v) is 5.13. The summed E-state index contributed by atoms with van der Waals surface area (Å²) in [7, 11) is 0. The Balaban J connectivity index is 3.81. The number of hydrogen-bond donors (Lipinski definition) is 1. The summed E-state index contributed by atoms with van der Waals surface area (Å²) in [4.78, 5) is 0. The van der Waals surface area contributed by atoms with E-state index in [2.05, 4.69) is 19.9 Å². The molecule has 0 fully saturated rings. The second-order valence-corrected chi connectivity index (χ2v) is 7.97. The first-order valence-electron chi connectivity index (χ1n) is 12.3. The minimum Gasteiger partial charge on any atom is -0.396 e. The molecule has 1 N–H and O–H groups in total. The number of aliphatic hydroxyl groups excluding tert-OH is 1. The van der Waals surface area contributed by atoms with Crippen molar-refractivity contribution in [3.63, 3.8) is 0 Å². The summed E-state index contributed by atoms with van der Waals surface area (Å²) in [5.74, 6) is 0. The smallest absolute Gasteiger partial charge is 0.157 e. The maximum atomic E-state index is 8.84. The predicted molar refractivity (Wildman–Crippen MR) is 122 cm³/mol. The van der Waals surface area contributed by atoms with Gasteiger partial charge < -0.3 is 14.6 Å². The fourth-order valence-corrected chi connectivity index (χ4v) is 3.31. The van der Waals surface area contributed by atoms with Crippen LogP contribution in [0.25, 0.3) is 0 Å². The molecule has 28 heavy (non-hydrogen) atoms. The second kappa shape index (κ2) is 24.7. The lowest BCUT2D eigenvalue weighted by molar-refractivity contribution is -0.146. The Bertz CT molecular complexity index is 284. The lowest BCUT2D eigenvalue weighted by Gasteiger charge is -2.18. The zero-order valence-electron chi connectivity index (χ0n) is 19.1. The maximum absolute atomic E-state index is 8.84. The minimum atomic E-state index is -0.0704. The van der Waals surface area contributed by atoms with Crippen molar-refractivity contribution in [2.24, 2.45) is 0 Å². The van der Waals surface area contributed by atoms with Crippen LogP contribution in [-0.2, 0) is 9.47 Å². The number of unbranched alkanes of at least 4 members (excludes halogenated alkanes) is 12. The van der Waals surface area contributed by atoms with Crippen molar-refractivity contribution in [3.05, 3.63) is 12.2 Å². The monoisotopic (exact) mass is 398 g/mol. The molecule has 0 unspecified atom stereocenters. The minimum absolute atomic E-state index is 0.0704. The average molecular weight is 399 g/mol. The molecule has 0 saturated heterocycles. The summed E-state index contributed by atoms with van der Waals surface area (Å²) >= 11 is 0. The first-order chi connectivity index (χ1) is 13.8. The predicted octanol–water partition coefficient (Wildman–Crippen LogP) is 7.57. The molecule has 0 aromatic rings. The van der Waals surface area contributed by atoms with Crippen LogP contribution in [0.5, 0.6) is 0 Å². The highest BCUT2D eigenvalue weighted by atomic mass is 16.7. The van der Waals surface area contributed by atoms with E-state index in [1.165, 1.54) is 77.0 Å². The van der Waals surface area contributed by atoms with Crippen LogP contribution >= 0.6 is 0 Å². The van der Waals surface area contributed by atoms with Crippen LogP contribution in [0.15, 0.2) is 12.2 Å². The van der Waals surface area contributed by atoms with Gasteiger partial charge in [0.15, 0.2) is 6.29 Å². The van der Waals surface area contributed by atoms with Gasteiger partial charge in [-0.3, -0.25) is 0 Å². The first-order valence-corrected chi connectivity index (χ1v) is 12.3. The van der Waals surface area contributed by atoms with Gasteiger partial charge >= 0.3 is 0 Å². The number of hydrogen-bond acceptors (Lipinski definition) is 3. The van der Waals surface area contributed by atoms with Crippen LogP contribution < -0.4 is 0 Å². The van der Waals surface area contributed by atoms with Gasteiger partial charge in [0.25, 0.3) is 0 Å². The van der Waals surface area contributed by atoms with Crippen LogP contribution in [0, 0.1) is 0 Å². The molecule has 3 heteroatoms. The van der Waals surface area contributed by atoms with E-state index in [0.29, 0.717) is 0 Å². The molecule has 0 aliphatic rings. The third-order valence-electron chi connectivity index (χ3n) is 5.13. The Morgan fingerprint density at radius 1 is 0.607 bits per heavy atom. The molecule has 0 aliphatic carbocycles. The molecule has 0 aromatic carbocycles. The van der Waals surface area contributed by atoms with Crippen molar-refractivity contribution in [1.29, 1.82) is 0 Å². The van der Waals surface area contributed by atoms with Crippen LogP contribution in [0.1, 0.15) is 123 Å². The number of ether oxygens (including phenoxy) is 2. The van der Waals surface area contributed by atoms with E-state index >= 15 is 0 Å². The highest BCUT2D eigenvalue weighted by molar-refractivity contribution is 4.81. The van der Waals surface area contributed by atoms with Gasteiger partial charge in [0.05, 0.1) is 0 Å². The lowest BCUT2D eigenvalue weighted by Crippen LogP contribution is -2.18. The molecule has 0 aromatic heterocycles. The van der Waals surface area contributed by atoms with Gasteiger partial charge in [-0.2, -0.15) is 0 Å². The van der Waals surface area contributed by atoms with Gasteiger partial charge in [0.2, 0.25) is 0 Å². The van der Waals surface area contributed by atoms with E-state index in [0.717, 1.165) is 45.3 Å². The van der Waals surface area contributed by atoms with Gasteiger partial charge in [0, 0.05) is 26.2 Å². The summed E-state index contributed by atoms with van der Waals surface area (Å²) in [6.45, 7) is 6.38. The van der Waals surface area contributed by atoms with Crippen molar-refractivity contribution in [2.45, 2.75) is 129 Å². The van der Waals surface area contributed by atoms with Gasteiger partial charge in [-0.15, -0.1) is 0 Å². The van der Waals surface area contributed by atoms with Crippen LogP contribution in [0.2, 0.25) is 0 Å². The Morgan fingerprint density at radius 2 is 1.04 bits per heavy atom. The molecule has 0 atom stereocenters. The average Bonchev–Trinajstić information content (AvgIpc) is 2.71. The largest absolute Gasteiger partial charge is 0.396 e. The molecule has 0 amide bonds. The van der Waals surface area contributed by atoms with Crippen LogP contribution in [-0.4, -0.2) is 31.2 Å². The van der Waals surface area contributed by atoms with E-state index in [-0.39, 0.29) is 12.9 Å². The number of rotatable bonds is 23. The third kappa shape index (κ3) is 21.9. The quantitative estimate of drug-likeness (QED) is 0.110. The van der Waals surface area contributed by atoms with Gasteiger partial charge in [-0.05, 0) is 25.7 Å². The summed E-state index contributed by atoms with van der Waals surface area (Å²) in [5.41, 5.74) is 0. The van der Waals surface area contributed by atoms with Crippen LogP contribution in [0.3, 0.4) is 0 Å². The SMILES string of the molecule is CCCCCCCCCOC(CC/C=C/CCO)OCCCCCCCCC. The molecule has 0 radical (unpaired) electrons. The van der Waals surface area contributed by atoms with Crippen molar-refractivity contribution in [3.8, 4) is 0 Å². The standard InChI is InChI=1S/C25H50O3/c1-3-5-7-9-11-15-19-23-27-25(21-17-13-14-18-22-26)28-24-20-16-12-10-8-6-4-2/h13-14,25-26H,3-12,15-24H2,1-2H3/b14-13+. The zero-order chi connectivity index (χ0) is 20.5. The van der Waals surface area contributed by atoms with Crippen molar-refractivity contribution in [2.75, 3.05) is 19.8 Å². The van der Waals surface area contributed by atoms with E-state index < -0.39 is 0 Å². The Hall–Kier alpha value is -0.380. The van der Waals surface area contributed by atoms with E-state index in [9.17, 15) is 0 Å². The fraction of sp³-hybridized carbons (Fsp3) is 0.920. The van der Waals surface area contributed by atoms with Crippen LogP contribution in [0.4, 0.5) is 0 Å². The Labute approximate surface area is 176 Å². The lowest BCUT2D eigenvalue weighted by atomic mass is 10.1. The van der Waals surface area contributed by atoms with Crippen molar-refractivity contribution >= 4 is 0 Å². The normalized spacial score (nSPS) is 11.9. The second-order valence-electron chi connectivity index (χ2n) is 7.97.